The predicted octanol–water partition coefficient (Wildman–Crippen LogP) is 2.28. The normalized spacial score (nSPS) is 13.3. The van der Waals surface area contributed by atoms with Crippen LogP contribution in [0.4, 0.5) is 0 Å². The van der Waals surface area contributed by atoms with Crippen molar-refractivity contribution in [3.8, 4) is 0 Å². The molecule has 0 aliphatic carbocycles. The third-order valence-electron chi connectivity index (χ3n) is 2.66. The standard InChI is InChI=1S/C13H22N2O2S2/c1-13(2,3)11-10(19-8-14-11)12(17)15-9(5-6-16)7-18-4/h8-9,16H,5-7H2,1-4H3,(H,15,17). The molecule has 0 saturated heterocycles. The summed E-state index contributed by atoms with van der Waals surface area (Å²) in [5, 5.41) is 12.0. The summed E-state index contributed by atoms with van der Waals surface area (Å²) < 4.78 is 0. The number of carbonyl (C=O) groups excluding carboxylic acids is 1. The fourth-order valence-corrected chi connectivity index (χ4v) is 3.30. The fraction of sp³-hybridized carbons (Fsp3) is 0.692. The van der Waals surface area contributed by atoms with Gasteiger partial charge in [0.1, 0.15) is 4.88 Å². The van der Waals surface area contributed by atoms with Gasteiger partial charge in [-0.3, -0.25) is 4.79 Å². The molecule has 19 heavy (non-hydrogen) atoms. The van der Waals surface area contributed by atoms with Crippen LogP contribution in [0.3, 0.4) is 0 Å². The van der Waals surface area contributed by atoms with Gasteiger partial charge < -0.3 is 10.4 Å². The maximum absolute atomic E-state index is 12.3. The number of nitrogens with one attached hydrogen (secondary N) is 1. The van der Waals surface area contributed by atoms with Crippen LogP contribution >= 0.6 is 23.1 Å². The van der Waals surface area contributed by atoms with Crippen molar-refractivity contribution in [3.63, 3.8) is 0 Å². The number of aliphatic hydroxyl groups excluding tert-OH is 1. The number of carbonyl (C=O) groups is 1. The quantitative estimate of drug-likeness (QED) is 0.846. The van der Waals surface area contributed by atoms with Crippen LogP contribution in [-0.4, -0.2) is 40.7 Å². The van der Waals surface area contributed by atoms with Crippen LogP contribution in [0.5, 0.6) is 0 Å². The first-order valence-electron chi connectivity index (χ1n) is 6.24. The zero-order chi connectivity index (χ0) is 14.5. The van der Waals surface area contributed by atoms with Crippen LogP contribution in [0.1, 0.15) is 42.6 Å². The lowest BCUT2D eigenvalue weighted by Crippen LogP contribution is -2.38. The molecule has 1 atom stereocenters. The van der Waals surface area contributed by atoms with Crippen LogP contribution in [0, 0.1) is 0 Å². The zero-order valence-corrected chi connectivity index (χ0v) is 13.5. The average Bonchev–Trinajstić information content (AvgIpc) is 2.78. The predicted molar refractivity (Wildman–Crippen MR) is 82.2 cm³/mol. The molecule has 1 heterocycles. The molecule has 0 bridgehead atoms. The Labute approximate surface area is 123 Å². The molecule has 1 rings (SSSR count). The van der Waals surface area contributed by atoms with Crippen LogP contribution in [0.2, 0.25) is 0 Å². The van der Waals surface area contributed by atoms with Crippen LogP contribution < -0.4 is 5.32 Å². The second kappa shape index (κ2) is 7.26. The Bertz CT molecular complexity index is 407. The number of amides is 1. The first-order valence-corrected chi connectivity index (χ1v) is 8.52. The molecule has 0 aliphatic heterocycles. The van der Waals surface area contributed by atoms with E-state index in [-0.39, 0.29) is 24.0 Å². The minimum absolute atomic E-state index is 0.00224. The largest absolute Gasteiger partial charge is 0.396 e. The number of nitrogens with zero attached hydrogens (tertiary/aromatic N) is 1. The summed E-state index contributed by atoms with van der Waals surface area (Å²) in [6, 6.07) is 0.00224. The minimum atomic E-state index is -0.140. The molecule has 108 valence electrons. The van der Waals surface area contributed by atoms with Crippen molar-refractivity contribution in [2.75, 3.05) is 18.6 Å². The van der Waals surface area contributed by atoms with Gasteiger partial charge in [-0.1, -0.05) is 20.8 Å². The van der Waals surface area contributed by atoms with E-state index in [1.165, 1.54) is 11.3 Å². The molecule has 0 radical (unpaired) electrons. The van der Waals surface area contributed by atoms with Gasteiger partial charge in [-0.2, -0.15) is 11.8 Å². The van der Waals surface area contributed by atoms with E-state index in [0.29, 0.717) is 11.3 Å². The van der Waals surface area contributed by atoms with Gasteiger partial charge in [-0.25, -0.2) is 4.98 Å². The van der Waals surface area contributed by atoms with E-state index < -0.39 is 0 Å². The Hall–Kier alpha value is -0.590. The molecule has 0 saturated carbocycles. The highest BCUT2D eigenvalue weighted by atomic mass is 32.2. The summed E-state index contributed by atoms with van der Waals surface area (Å²) in [7, 11) is 0. The van der Waals surface area contributed by atoms with Gasteiger partial charge in [-0.15, -0.1) is 11.3 Å². The Balaban J connectivity index is 2.80. The number of aliphatic hydroxyl groups is 1. The van der Waals surface area contributed by atoms with Gasteiger partial charge >= 0.3 is 0 Å². The Kier molecular flexibility index (Phi) is 6.29. The maximum Gasteiger partial charge on any atom is 0.263 e. The highest BCUT2D eigenvalue weighted by Gasteiger charge is 2.25. The molecule has 1 amide bonds. The molecule has 4 nitrogen and oxygen atoms in total. The minimum Gasteiger partial charge on any atom is -0.396 e. The van der Waals surface area contributed by atoms with Crippen molar-refractivity contribution in [1.29, 1.82) is 0 Å². The summed E-state index contributed by atoms with van der Waals surface area (Å²) in [6.45, 7) is 6.23. The van der Waals surface area contributed by atoms with E-state index in [1.807, 2.05) is 27.0 Å². The summed E-state index contributed by atoms with van der Waals surface area (Å²) in [5.74, 6) is 0.718. The van der Waals surface area contributed by atoms with Gasteiger partial charge in [0.25, 0.3) is 5.91 Å². The first kappa shape index (κ1) is 16.5. The molecule has 0 aromatic carbocycles. The molecule has 1 aromatic heterocycles. The van der Waals surface area contributed by atoms with Gasteiger partial charge in [0.2, 0.25) is 0 Å². The molecule has 6 heteroatoms. The molecule has 0 aliphatic rings. The monoisotopic (exact) mass is 302 g/mol. The smallest absolute Gasteiger partial charge is 0.263 e. The van der Waals surface area contributed by atoms with Gasteiger partial charge in [0, 0.05) is 23.8 Å². The third-order valence-corrected chi connectivity index (χ3v) is 4.23. The number of hydrogen-bond donors (Lipinski definition) is 2. The van der Waals surface area contributed by atoms with Crippen LogP contribution in [0.25, 0.3) is 0 Å². The number of thioether (sulfide) groups is 1. The first-order chi connectivity index (χ1) is 8.90. The molecule has 2 N–H and O–H groups in total. The lowest BCUT2D eigenvalue weighted by molar-refractivity contribution is 0.0937. The second-order valence-electron chi connectivity index (χ2n) is 5.42. The zero-order valence-electron chi connectivity index (χ0n) is 11.9. The van der Waals surface area contributed by atoms with Crippen molar-refractivity contribution in [2.24, 2.45) is 0 Å². The highest BCUT2D eigenvalue weighted by Crippen LogP contribution is 2.27. The van der Waals surface area contributed by atoms with E-state index in [4.69, 9.17) is 5.11 Å². The topological polar surface area (TPSA) is 62.2 Å². The van der Waals surface area contributed by atoms with Crippen molar-refractivity contribution < 1.29 is 9.90 Å². The summed E-state index contributed by atoms with van der Waals surface area (Å²) in [4.78, 5) is 17.3. The molecule has 1 unspecified atom stereocenters. The van der Waals surface area contributed by atoms with Crippen molar-refractivity contribution in [3.05, 3.63) is 16.1 Å². The molecule has 0 spiro atoms. The van der Waals surface area contributed by atoms with Crippen molar-refractivity contribution >= 4 is 29.0 Å². The fourth-order valence-electron chi connectivity index (χ4n) is 1.75. The van der Waals surface area contributed by atoms with Gasteiger partial charge in [-0.05, 0) is 12.7 Å². The van der Waals surface area contributed by atoms with E-state index in [2.05, 4.69) is 10.3 Å². The van der Waals surface area contributed by atoms with Gasteiger partial charge in [0.15, 0.2) is 0 Å². The van der Waals surface area contributed by atoms with Crippen LogP contribution in [-0.2, 0) is 5.41 Å². The second-order valence-corrected chi connectivity index (χ2v) is 7.18. The number of rotatable bonds is 6. The van der Waals surface area contributed by atoms with E-state index in [1.54, 1.807) is 17.3 Å². The Morgan fingerprint density at radius 1 is 1.58 bits per heavy atom. The van der Waals surface area contributed by atoms with E-state index in [0.717, 1.165) is 11.4 Å². The summed E-state index contributed by atoms with van der Waals surface area (Å²) in [6.07, 6.45) is 2.57. The number of hydrogen-bond acceptors (Lipinski definition) is 5. The third kappa shape index (κ3) is 4.78. The van der Waals surface area contributed by atoms with E-state index >= 15 is 0 Å². The Morgan fingerprint density at radius 2 is 2.26 bits per heavy atom. The summed E-state index contributed by atoms with van der Waals surface area (Å²) in [5.41, 5.74) is 2.41. The van der Waals surface area contributed by atoms with Crippen molar-refractivity contribution in [2.45, 2.75) is 38.6 Å². The highest BCUT2D eigenvalue weighted by molar-refractivity contribution is 7.98. The SMILES string of the molecule is CSCC(CCO)NC(=O)c1scnc1C(C)(C)C. The molecular formula is C13H22N2O2S2. The lowest BCUT2D eigenvalue weighted by Gasteiger charge is -2.20. The number of aromatic nitrogens is 1. The Morgan fingerprint density at radius 3 is 2.79 bits per heavy atom. The van der Waals surface area contributed by atoms with Crippen LogP contribution in [0.15, 0.2) is 5.51 Å². The molecule has 0 fully saturated rings. The summed E-state index contributed by atoms with van der Waals surface area (Å²) >= 11 is 3.03. The van der Waals surface area contributed by atoms with E-state index in [9.17, 15) is 4.79 Å². The lowest BCUT2D eigenvalue weighted by atomic mass is 9.91. The number of thiazole rings is 1. The average molecular weight is 302 g/mol. The van der Waals surface area contributed by atoms with Crippen molar-refractivity contribution in [1.82, 2.24) is 10.3 Å². The van der Waals surface area contributed by atoms with Gasteiger partial charge in [0.05, 0.1) is 11.2 Å². The molecular weight excluding hydrogens is 280 g/mol. The molecule has 1 aromatic rings. The maximum atomic E-state index is 12.3.